The van der Waals surface area contributed by atoms with Gasteiger partial charge in [-0.2, -0.15) is 0 Å². The highest BCUT2D eigenvalue weighted by Crippen LogP contribution is 2.15. The van der Waals surface area contributed by atoms with Crippen molar-refractivity contribution in [3.63, 3.8) is 0 Å². The summed E-state index contributed by atoms with van der Waals surface area (Å²) in [7, 11) is 1.31. The van der Waals surface area contributed by atoms with Gasteiger partial charge in [-0.05, 0) is 41.8 Å². The fourth-order valence-corrected chi connectivity index (χ4v) is 1.96. The Morgan fingerprint density at radius 1 is 1.09 bits per heavy atom. The molecule has 0 aliphatic carbocycles. The fourth-order valence-electron chi connectivity index (χ4n) is 1.96. The molecule has 2 aromatic rings. The van der Waals surface area contributed by atoms with Crippen molar-refractivity contribution in [2.45, 2.75) is 19.1 Å². The first-order valence-electron chi connectivity index (χ1n) is 6.88. The van der Waals surface area contributed by atoms with E-state index in [1.54, 1.807) is 12.1 Å². The maximum absolute atomic E-state index is 12.8. The number of carbonyl (C=O) groups is 1. The molecule has 0 spiro atoms. The van der Waals surface area contributed by atoms with E-state index >= 15 is 0 Å². The van der Waals surface area contributed by atoms with E-state index in [0.717, 1.165) is 11.1 Å². The van der Waals surface area contributed by atoms with Crippen LogP contribution in [0.15, 0.2) is 48.5 Å². The third-order valence-electron chi connectivity index (χ3n) is 3.20. The lowest BCUT2D eigenvalue weighted by atomic mass is 10.1. The number of esters is 1. The van der Waals surface area contributed by atoms with Gasteiger partial charge >= 0.3 is 5.97 Å². The van der Waals surface area contributed by atoms with Gasteiger partial charge in [0, 0.05) is 0 Å². The Morgan fingerprint density at radius 3 is 2.22 bits per heavy atom. The molecule has 124 valence electrons. The Balaban J connectivity index is 0.00000264. The van der Waals surface area contributed by atoms with E-state index in [9.17, 15) is 9.18 Å². The van der Waals surface area contributed by atoms with E-state index in [-0.39, 0.29) is 18.2 Å². The number of hydrogen-bond acceptors (Lipinski definition) is 4. The van der Waals surface area contributed by atoms with Crippen LogP contribution in [0, 0.1) is 5.82 Å². The monoisotopic (exact) mass is 339 g/mol. The molecule has 0 heterocycles. The van der Waals surface area contributed by atoms with Crippen LogP contribution in [0.2, 0.25) is 0 Å². The molecule has 0 saturated carbocycles. The summed E-state index contributed by atoms with van der Waals surface area (Å²) >= 11 is 0. The summed E-state index contributed by atoms with van der Waals surface area (Å²) in [6.07, 6.45) is 0.408. The minimum Gasteiger partial charge on any atom is -0.489 e. The highest BCUT2D eigenvalue weighted by Gasteiger charge is 2.13. The molecule has 4 nitrogen and oxygen atoms in total. The van der Waals surface area contributed by atoms with Crippen LogP contribution < -0.4 is 10.5 Å². The van der Waals surface area contributed by atoms with Gasteiger partial charge in [-0.3, -0.25) is 4.79 Å². The summed E-state index contributed by atoms with van der Waals surface area (Å²) in [5, 5.41) is 0. The topological polar surface area (TPSA) is 61.5 Å². The molecule has 0 amide bonds. The first-order valence-corrected chi connectivity index (χ1v) is 6.88. The molecule has 2 aromatic carbocycles. The number of carbonyl (C=O) groups excluding carboxylic acids is 1. The minimum atomic E-state index is -0.670. The Hall–Kier alpha value is -2.11. The van der Waals surface area contributed by atoms with E-state index in [1.165, 1.54) is 19.2 Å². The van der Waals surface area contributed by atoms with Gasteiger partial charge in [0.05, 0.1) is 7.11 Å². The molecule has 0 aliphatic heterocycles. The van der Waals surface area contributed by atoms with Gasteiger partial charge in [-0.25, -0.2) is 4.39 Å². The number of ether oxygens (including phenoxy) is 2. The van der Waals surface area contributed by atoms with Gasteiger partial charge < -0.3 is 15.2 Å². The summed E-state index contributed by atoms with van der Waals surface area (Å²) in [5.74, 6) is -0.00796. The number of nitrogens with two attached hydrogens (primary N) is 1. The largest absolute Gasteiger partial charge is 0.489 e. The van der Waals surface area contributed by atoms with Crippen LogP contribution in [0.5, 0.6) is 5.75 Å². The van der Waals surface area contributed by atoms with Gasteiger partial charge in [0.25, 0.3) is 0 Å². The van der Waals surface area contributed by atoms with Crippen molar-refractivity contribution in [1.29, 1.82) is 0 Å². The summed E-state index contributed by atoms with van der Waals surface area (Å²) in [5.41, 5.74) is 7.52. The van der Waals surface area contributed by atoms with Crippen molar-refractivity contribution >= 4 is 18.4 Å². The molecule has 0 aromatic heterocycles. The summed E-state index contributed by atoms with van der Waals surface area (Å²) in [4.78, 5) is 11.3. The molecular formula is C17H19ClFNO3. The zero-order valence-electron chi connectivity index (χ0n) is 12.7. The van der Waals surface area contributed by atoms with E-state index in [0.29, 0.717) is 18.8 Å². The highest BCUT2D eigenvalue weighted by molar-refractivity contribution is 5.85. The number of hydrogen-bond donors (Lipinski definition) is 1. The summed E-state index contributed by atoms with van der Waals surface area (Å²) < 4.78 is 23.0. The Kier molecular flexibility index (Phi) is 7.51. The third kappa shape index (κ3) is 5.88. The number of halogens is 2. The van der Waals surface area contributed by atoms with Crippen LogP contribution in [0.4, 0.5) is 4.39 Å². The van der Waals surface area contributed by atoms with E-state index in [2.05, 4.69) is 4.74 Å². The van der Waals surface area contributed by atoms with Crippen LogP contribution in [0.25, 0.3) is 0 Å². The lowest BCUT2D eigenvalue weighted by Crippen LogP contribution is -2.33. The number of benzene rings is 2. The van der Waals surface area contributed by atoms with Crippen LogP contribution >= 0.6 is 12.4 Å². The van der Waals surface area contributed by atoms with E-state index < -0.39 is 12.0 Å². The van der Waals surface area contributed by atoms with E-state index in [4.69, 9.17) is 10.5 Å². The zero-order chi connectivity index (χ0) is 15.9. The van der Waals surface area contributed by atoms with Crippen LogP contribution in [-0.4, -0.2) is 19.1 Å². The SMILES string of the molecule is COC(=O)[C@@H](N)Cc1ccc(OCc2ccc(F)cc2)cc1.Cl. The van der Waals surface area contributed by atoms with Gasteiger partial charge in [0.1, 0.15) is 24.2 Å². The molecule has 0 unspecified atom stereocenters. The molecule has 1 atom stereocenters. The quantitative estimate of drug-likeness (QED) is 0.822. The second-order valence-electron chi connectivity index (χ2n) is 4.89. The first-order chi connectivity index (χ1) is 10.6. The number of methoxy groups -OCH3 is 1. The van der Waals surface area contributed by atoms with Crippen molar-refractivity contribution in [1.82, 2.24) is 0 Å². The summed E-state index contributed by atoms with van der Waals surface area (Å²) in [6.45, 7) is 0.362. The maximum atomic E-state index is 12.8. The average Bonchev–Trinajstić information content (AvgIpc) is 2.55. The van der Waals surface area contributed by atoms with Crippen molar-refractivity contribution in [3.8, 4) is 5.75 Å². The van der Waals surface area contributed by atoms with Gasteiger partial charge in [0.15, 0.2) is 0 Å². The standard InChI is InChI=1S/C17H18FNO3.ClH/c1-21-17(20)16(19)10-12-4-8-15(9-5-12)22-11-13-2-6-14(18)7-3-13;/h2-9,16H,10-11,19H2,1H3;1H/t16-;/m0./s1. The van der Waals surface area contributed by atoms with Gasteiger partial charge in [-0.1, -0.05) is 24.3 Å². The molecule has 2 rings (SSSR count). The second kappa shape index (κ2) is 9.12. The minimum absolute atomic E-state index is 0. The number of rotatable bonds is 6. The van der Waals surface area contributed by atoms with Crippen molar-refractivity contribution in [2.24, 2.45) is 5.73 Å². The van der Waals surface area contributed by atoms with Crippen LogP contribution in [-0.2, 0) is 22.6 Å². The average molecular weight is 340 g/mol. The lowest BCUT2D eigenvalue weighted by molar-refractivity contribution is -0.142. The van der Waals surface area contributed by atoms with Crippen LogP contribution in [0.3, 0.4) is 0 Å². The molecule has 2 N–H and O–H groups in total. The fraction of sp³-hybridized carbons (Fsp3) is 0.235. The molecule has 6 heteroatoms. The summed E-state index contributed by atoms with van der Waals surface area (Å²) in [6, 6.07) is 12.8. The highest BCUT2D eigenvalue weighted by atomic mass is 35.5. The first kappa shape index (κ1) is 18.9. The van der Waals surface area contributed by atoms with Gasteiger partial charge in [-0.15, -0.1) is 12.4 Å². The van der Waals surface area contributed by atoms with Crippen LogP contribution in [0.1, 0.15) is 11.1 Å². The Labute approximate surface area is 140 Å². The second-order valence-corrected chi connectivity index (χ2v) is 4.89. The van der Waals surface area contributed by atoms with Crippen molar-refractivity contribution in [3.05, 3.63) is 65.5 Å². The van der Waals surface area contributed by atoms with Gasteiger partial charge in [0.2, 0.25) is 0 Å². The predicted molar refractivity (Wildman–Crippen MR) is 88.1 cm³/mol. The molecule has 23 heavy (non-hydrogen) atoms. The van der Waals surface area contributed by atoms with Crippen molar-refractivity contribution in [2.75, 3.05) is 7.11 Å². The molecule has 0 saturated heterocycles. The smallest absolute Gasteiger partial charge is 0.322 e. The third-order valence-corrected chi connectivity index (χ3v) is 3.20. The molecular weight excluding hydrogens is 321 g/mol. The lowest BCUT2D eigenvalue weighted by Gasteiger charge is -2.10. The molecule has 0 radical (unpaired) electrons. The van der Waals surface area contributed by atoms with E-state index in [1.807, 2.05) is 24.3 Å². The Bertz CT molecular complexity index is 617. The van der Waals surface area contributed by atoms with Crippen molar-refractivity contribution < 1.29 is 18.7 Å². The zero-order valence-corrected chi connectivity index (χ0v) is 13.5. The molecule has 0 fully saturated rings. The normalized spacial score (nSPS) is 11.3. The molecule has 0 bridgehead atoms. The maximum Gasteiger partial charge on any atom is 0.322 e. The predicted octanol–water partition coefficient (Wildman–Crippen LogP) is 2.87. The molecule has 0 aliphatic rings. The Morgan fingerprint density at radius 2 is 1.65 bits per heavy atom.